The highest BCUT2D eigenvalue weighted by Crippen LogP contribution is 2.30. The summed E-state index contributed by atoms with van der Waals surface area (Å²) < 4.78 is 26.8. The van der Waals surface area contributed by atoms with Gasteiger partial charge in [-0.2, -0.15) is 0 Å². The minimum Gasteiger partial charge on any atom is -0.326 e. The number of benzene rings is 1. The molecule has 108 valence electrons. The van der Waals surface area contributed by atoms with Crippen molar-refractivity contribution < 1.29 is 8.42 Å². The van der Waals surface area contributed by atoms with Crippen LogP contribution in [-0.2, 0) is 16.6 Å². The zero-order chi connectivity index (χ0) is 14.5. The second-order valence-electron chi connectivity index (χ2n) is 4.15. The fourth-order valence-electron chi connectivity index (χ4n) is 1.63. The number of sulfonamides is 1. The van der Waals surface area contributed by atoms with E-state index in [4.69, 9.17) is 28.9 Å². The van der Waals surface area contributed by atoms with Crippen LogP contribution in [0.2, 0.25) is 10.0 Å². The fraction of sp³-hybridized carbons (Fsp3) is 0.500. The van der Waals surface area contributed by atoms with Crippen molar-refractivity contribution in [2.24, 2.45) is 5.73 Å². The molecule has 0 aliphatic heterocycles. The standard InChI is InChI=1S/C12H18Cl2N2O2S/c1-2-3-4-7-16-19(17,18)11-6-5-10(13)9(8-15)12(11)14/h5-6,16H,2-4,7-8,15H2,1H3. The lowest BCUT2D eigenvalue weighted by Gasteiger charge is -2.11. The summed E-state index contributed by atoms with van der Waals surface area (Å²) in [6, 6.07) is 2.89. The maximum atomic E-state index is 12.1. The van der Waals surface area contributed by atoms with Crippen LogP contribution in [-0.4, -0.2) is 15.0 Å². The molecule has 0 bridgehead atoms. The molecule has 0 unspecified atom stereocenters. The van der Waals surface area contributed by atoms with Crippen LogP contribution in [0.4, 0.5) is 0 Å². The first-order valence-electron chi connectivity index (χ1n) is 6.10. The lowest BCUT2D eigenvalue weighted by atomic mass is 10.2. The molecule has 19 heavy (non-hydrogen) atoms. The molecule has 1 aromatic rings. The van der Waals surface area contributed by atoms with Gasteiger partial charge in [0, 0.05) is 23.7 Å². The number of halogens is 2. The average molecular weight is 325 g/mol. The monoisotopic (exact) mass is 324 g/mol. The molecule has 0 radical (unpaired) electrons. The SMILES string of the molecule is CCCCCNS(=O)(=O)c1ccc(Cl)c(CN)c1Cl. The molecule has 1 rings (SSSR count). The lowest BCUT2D eigenvalue weighted by molar-refractivity contribution is 0.576. The summed E-state index contributed by atoms with van der Waals surface area (Å²) in [6.45, 7) is 2.54. The van der Waals surface area contributed by atoms with Crippen molar-refractivity contribution in [2.75, 3.05) is 6.54 Å². The number of nitrogens with two attached hydrogens (primary N) is 1. The van der Waals surface area contributed by atoms with E-state index in [9.17, 15) is 8.42 Å². The van der Waals surface area contributed by atoms with Crippen molar-refractivity contribution >= 4 is 33.2 Å². The predicted molar refractivity (Wildman–Crippen MR) is 79.1 cm³/mol. The number of unbranched alkanes of at least 4 members (excludes halogenated alkanes) is 2. The Morgan fingerprint density at radius 2 is 1.95 bits per heavy atom. The van der Waals surface area contributed by atoms with Crippen LogP contribution in [0.3, 0.4) is 0 Å². The second kappa shape index (κ2) is 7.45. The molecule has 1 aromatic carbocycles. The molecule has 0 fully saturated rings. The van der Waals surface area contributed by atoms with E-state index >= 15 is 0 Å². The molecule has 0 heterocycles. The van der Waals surface area contributed by atoms with Gasteiger partial charge >= 0.3 is 0 Å². The third kappa shape index (κ3) is 4.33. The van der Waals surface area contributed by atoms with E-state index in [1.165, 1.54) is 12.1 Å². The van der Waals surface area contributed by atoms with Crippen molar-refractivity contribution in [3.05, 3.63) is 27.7 Å². The van der Waals surface area contributed by atoms with Gasteiger partial charge in [-0.3, -0.25) is 0 Å². The van der Waals surface area contributed by atoms with Gasteiger partial charge in [-0.1, -0.05) is 43.0 Å². The summed E-state index contributed by atoms with van der Waals surface area (Å²) in [5, 5.41) is 0.468. The van der Waals surface area contributed by atoms with Gasteiger partial charge in [0.15, 0.2) is 0 Å². The predicted octanol–water partition coefficient (Wildman–Crippen LogP) is 2.92. The molecule has 0 aliphatic rings. The van der Waals surface area contributed by atoms with Crippen LogP contribution in [0.15, 0.2) is 17.0 Å². The highest BCUT2D eigenvalue weighted by atomic mass is 35.5. The molecule has 4 nitrogen and oxygen atoms in total. The molecule has 3 N–H and O–H groups in total. The molecule has 0 saturated heterocycles. The van der Waals surface area contributed by atoms with Gasteiger partial charge in [0.2, 0.25) is 10.0 Å². The molecule has 0 aromatic heterocycles. The van der Waals surface area contributed by atoms with E-state index < -0.39 is 10.0 Å². The summed E-state index contributed by atoms with van der Waals surface area (Å²) in [4.78, 5) is 0.0236. The van der Waals surface area contributed by atoms with Gasteiger partial charge in [-0.15, -0.1) is 0 Å². The van der Waals surface area contributed by atoms with Crippen molar-refractivity contribution in [2.45, 2.75) is 37.6 Å². The van der Waals surface area contributed by atoms with E-state index in [-0.39, 0.29) is 16.5 Å². The van der Waals surface area contributed by atoms with Crippen LogP contribution >= 0.6 is 23.2 Å². The Morgan fingerprint density at radius 3 is 2.53 bits per heavy atom. The summed E-state index contributed by atoms with van der Waals surface area (Å²) in [6.07, 6.45) is 2.80. The first-order valence-corrected chi connectivity index (χ1v) is 8.34. The van der Waals surface area contributed by atoms with Crippen LogP contribution in [0.5, 0.6) is 0 Å². The summed E-state index contributed by atoms with van der Waals surface area (Å²) in [5.74, 6) is 0. The van der Waals surface area contributed by atoms with Gasteiger partial charge in [0.25, 0.3) is 0 Å². The van der Waals surface area contributed by atoms with Gasteiger partial charge in [-0.25, -0.2) is 13.1 Å². The van der Waals surface area contributed by atoms with Crippen LogP contribution in [0.25, 0.3) is 0 Å². The normalized spacial score (nSPS) is 11.8. The van der Waals surface area contributed by atoms with Gasteiger partial charge < -0.3 is 5.73 Å². The Labute approximate surface area is 124 Å². The highest BCUT2D eigenvalue weighted by molar-refractivity contribution is 7.89. The zero-order valence-electron chi connectivity index (χ0n) is 10.7. The molecule has 0 amide bonds. The zero-order valence-corrected chi connectivity index (χ0v) is 13.1. The Bertz CT molecular complexity index is 533. The molecular formula is C12H18Cl2N2O2S. The van der Waals surface area contributed by atoms with Crippen LogP contribution < -0.4 is 10.5 Å². The summed E-state index contributed by atoms with van der Waals surface area (Å²) >= 11 is 12.0. The number of nitrogens with one attached hydrogen (secondary N) is 1. The molecular weight excluding hydrogens is 307 g/mol. The minimum atomic E-state index is -3.62. The van der Waals surface area contributed by atoms with Gasteiger partial charge in [0.1, 0.15) is 4.90 Å². The van der Waals surface area contributed by atoms with Crippen molar-refractivity contribution in [1.82, 2.24) is 4.72 Å². The van der Waals surface area contributed by atoms with E-state index in [0.717, 1.165) is 19.3 Å². The maximum absolute atomic E-state index is 12.1. The molecule has 0 atom stereocenters. The van der Waals surface area contributed by atoms with E-state index in [2.05, 4.69) is 11.6 Å². The third-order valence-electron chi connectivity index (χ3n) is 2.72. The van der Waals surface area contributed by atoms with E-state index in [1.807, 2.05) is 0 Å². The summed E-state index contributed by atoms with van der Waals surface area (Å²) in [5.41, 5.74) is 5.96. The Morgan fingerprint density at radius 1 is 1.26 bits per heavy atom. The molecule has 0 saturated carbocycles. The summed E-state index contributed by atoms with van der Waals surface area (Å²) in [7, 11) is -3.62. The van der Waals surface area contributed by atoms with Crippen LogP contribution in [0, 0.1) is 0 Å². The quantitative estimate of drug-likeness (QED) is 0.757. The third-order valence-corrected chi connectivity index (χ3v) is 5.12. The smallest absolute Gasteiger partial charge is 0.242 e. The maximum Gasteiger partial charge on any atom is 0.242 e. The Kier molecular flexibility index (Phi) is 6.56. The Hall–Kier alpha value is -0.330. The number of hydrogen-bond acceptors (Lipinski definition) is 3. The number of rotatable bonds is 7. The first kappa shape index (κ1) is 16.7. The molecule has 7 heteroatoms. The Balaban J connectivity index is 2.96. The fourth-order valence-corrected chi connectivity index (χ4v) is 3.63. The van der Waals surface area contributed by atoms with E-state index in [0.29, 0.717) is 17.1 Å². The van der Waals surface area contributed by atoms with Crippen molar-refractivity contribution in [3.8, 4) is 0 Å². The topological polar surface area (TPSA) is 72.2 Å². The average Bonchev–Trinajstić information content (AvgIpc) is 2.35. The minimum absolute atomic E-state index is 0.0236. The van der Waals surface area contributed by atoms with Gasteiger partial charge in [0.05, 0.1) is 5.02 Å². The van der Waals surface area contributed by atoms with E-state index in [1.54, 1.807) is 0 Å². The van der Waals surface area contributed by atoms with Gasteiger partial charge in [-0.05, 0) is 18.6 Å². The lowest BCUT2D eigenvalue weighted by Crippen LogP contribution is -2.25. The molecule has 0 aliphatic carbocycles. The van der Waals surface area contributed by atoms with Crippen molar-refractivity contribution in [3.63, 3.8) is 0 Å². The molecule has 0 spiro atoms. The highest BCUT2D eigenvalue weighted by Gasteiger charge is 2.20. The van der Waals surface area contributed by atoms with Crippen LogP contribution in [0.1, 0.15) is 31.7 Å². The van der Waals surface area contributed by atoms with Crippen molar-refractivity contribution in [1.29, 1.82) is 0 Å². The first-order chi connectivity index (χ1) is 8.94. The largest absolute Gasteiger partial charge is 0.326 e. The number of hydrogen-bond donors (Lipinski definition) is 2. The second-order valence-corrected chi connectivity index (χ2v) is 6.67.